The normalized spacial score (nSPS) is 10.9. The first kappa shape index (κ1) is 13.0. The van der Waals surface area contributed by atoms with Crippen molar-refractivity contribution < 1.29 is 4.74 Å². The van der Waals surface area contributed by atoms with E-state index in [1.165, 1.54) is 0 Å². The molecule has 0 aromatic carbocycles. The van der Waals surface area contributed by atoms with E-state index in [1.54, 1.807) is 24.6 Å². The number of methoxy groups -OCH3 is 1. The van der Waals surface area contributed by atoms with Gasteiger partial charge in [-0.25, -0.2) is 9.97 Å². The molecule has 96 valence electrons. The topological polar surface area (TPSA) is 47.0 Å². The molecule has 4 nitrogen and oxygen atoms in total. The van der Waals surface area contributed by atoms with Gasteiger partial charge in [-0.15, -0.1) is 11.3 Å². The Morgan fingerprint density at radius 3 is 2.83 bits per heavy atom. The minimum Gasteiger partial charge on any atom is -0.481 e. The fourth-order valence-electron chi connectivity index (χ4n) is 1.46. The predicted octanol–water partition coefficient (Wildman–Crippen LogP) is 2.71. The Balaban J connectivity index is 2.08. The van der Waals surface area contributed by atoms with Crippen molar-refractivity contribution in [3.63, 3.8) is 0 Å². The lowest BCUT2D eigenvalue weighted by atomic mass is 10.3. The maximum Gasteiger partial charge on any atom is 0.212 e. The highest BCUT2D eigenvalue weighted by Crippen LogP contribution is 2.24. The summed E-state index contributed by atoms with van der Waals surface area (Å²) < 4.78 is 5.04. The zero-order valence-electron chi connectivity index (χ0n) is 10.8. The van der Waals surface area contributed by atoms with Gasteiger partial charge < -0.3 is 10.1 Å². The van der Waals surface area contributed by atoms with Crippen LogP contribution < -0.4 is 10.1 Å². The predicted molar refractivity (Wildman–Crippen MR) is 73.9 cm³/mol. The molecule has 2 aromatic rings. The molecular formula is C13H17N3OS. The van der Waals surface area contributed by atoms with Crippen molar-refractivity contribution in [3.8, 4) is 16.5 Å². The van der Waals surface area contributed by atoms with E-state index in [2.05, 4.69) is 34.5 Å². The van der Waals surface area contributed by atoms with Crippen molar-refractivity contribution >= 4 is 11.3 Å². The molecule has 1 N–H and O–H groups in total. The fraction of sp³-hybridized carbons (Fsp3) is 0.385. The number of pyridine rings is 1. The second kappa shape index (κ2) is 5.93. The number of rotatable bonds is 5. The van der Waals surface area contributed by atoms with Crippen molar-refractivity contribution in [3.05, 3.63) is 29.4 Å². The minimum atomic E-state index is 0.470. The molecule has 0 fully saturated rings. The summed E-state index contributed by atoms with van der Waals surface area (Å²) in [5.41, 5.74) is 2.09. The van der Waals surface area contributed by atoms with Gasteiger partial charge >= 0.3 is 0 Å². The summed E-state index contributed by atoms with van der Waals surface area (Å²) in [6, 6.07) is 4.30. The van der Waals surface area contributed by atoms with Gasteiger partial charge in [0.1, 0.15) is 5.01 Å². The van der Waals surface area contributed by atoms with Gasteiger partial charge in [0.05, 0.1) is 12.8 Å². The molecule has 2 rings (SSSR count). The average molecular weight is 263 g/mol. The molecule has 0 aliphatic carbocycles. The van der Waals surface area contributed by atoms with Gasteiger partial charge in [-0.2, -0.15) is 0 Å². The van der Waals surface area contributed by atoms with Gasteiger partial charge in [-0.1, -0.05) is 13.8 Å². The van der Waals surface area contributed by atoms with Crippen LogP contribution in [0.25, 0.3) is 10.6 Å². The zero-order valence-corrected chi connectivity index (χ0v) is 11.6. The van der Waals surface area contributed by atoms with Gasteiger partial charge in [0, 0.05) is 35.8 Å². The van der Waals surface area contributed by atoms with Crippen LogP contribution in [-0.4, -0.2) is 23.1 Å². The Labute approximate surface area is 111 Å². The highest BCUT2D eigenvalue weighted by Gasteiger charge is 2.06. The standard InChI is InChI=1S/C13H17N3OS/c1-9(2)14-7-11-8-18-13(16-11)10-4-5-12(17-3)15-6-10/h4-6,8-9,14H,7H2,1-3H3. The van der Waals surface area contributed by atoms with Crippen LogP contribution in [0.3, 0.4) is 0 Å². The van der Waals surface area contributed by atoms with E-state index < -0.39 is 0 Å². The lowest BCUT2D eigenvalue weighted by Gasteiger charge is -2.04. The van der Waals surface area contributed by atoms with Gasteiger partial charge in [0.15, 0.2) is 0 Å². The Bertz CT molecular complexity index is 493. The van der Waals surface area contributed by atoms with E-state index in [0.29, 0.717) is 11.9 Å². The molecule has 0 aliphatic heterocycles. The van der Waals surface area contributed by atoms with Crippen molar-refractivity contribution in [1.29, 1.82) is 0 Å². The maximum atomic E-state index is 5.04. The number of nitrogens with one attached hydrogen (secondary N) is 1. The van der Waals surface area contributed by atoms with Crippen molar-refractivity contribution in [1.82, 2.24) is 15.3 Å². The van der Waals surface area contributed by atoms with Crippen molar-refractivity contribution in [2.24, 2.45) is 0 Å². The summed E-state index contributed by atoms with van der Waals surface area (Å²) in [4.78, 5) is 8.77. The first-order valence-electron chi connectivity index (χ1n) is 5.87. The van der Waals surface area contributed by atoms with Crippen LogP contribution in [0.4, 0.5) is 0 Å². The Morgan fingerprint density at radius 2 is 2.22 bits per heavy atom. The minimum absolute atomic E-state index is 0.470. The number of thiazole rings is 1. The first-order valence-corrected chi connectivity index (χ1v) is 6.75. The molecule has 0 unspecified atom stereocenters. The third-order valence-electron chi connectivity index (χ3n) is 2.44. The third kappa shape index (κ3) is 3.27. The molecule has 2 heterocycles. The summed E-state index contributed by atoms with van der Waals surface area (Å²) in [7, 11) is 1.61. The highest BCUT2D eigenvalue weighted by atomic mass is 32.1. The molecular weight excluding hydrogens is 246 g/mol. The number of hydrogen-bond donors (Lipinski definition) is 1. The van der Waals surface area contributed by atoms with E-state index in [-0.39, 0.29) is 0 Å². The van der Waals surface area contributed by atoms with E-state index in [4.69, 9.17) is 4.74 Å². The summed E-state index contributed by atoms with van der Waals surface area (Å²) >= 11 is 1.64. The summed E-state index contributed by atoms with van der Waals surface area (Å²) in [5.74, 6) is 0.622. The Morgan fingerprint density at radius 1 is 1.39 bits per heavy atom. The van der Waals surface area contributed by atoms with Crippen molar-refractivity contribution in [2.75, 3.05) is 7.11 Å². The van der Waals surface area contributed by atoms with Crippen LogP contribution in [0.1, 0.15) is 19.5 Å². The van der Waals surface area contributed by atoms with Gasteiger partial charge in [-0.3, -0.25) is 0 Å². The smallest absolute Gasteiger partial charge is 0.212 e. The maximum absolute atomic E-state index is 5.04. The largest absolute Gasteiger partial charge is 0.481 e. The molecule has 0 saturated heterocycles. The fourth-order valence-corrected chi connectivity index (χ4v) is 2.27. The van der Waals surface area contributed by atoms with Crippen LogP contribution in [0.5, 0.6) is 5.88 Å². The molecule has 18 heavy (non-hydrogen) atoms. The second-order valence-corrected chi connectivity index (χ2v) is 5.13. The zero-order chi connectivity index (χ0) is 13.0. The SMILES string of the molecule is COc1ccc(-c2nc(CNC(C)C)cs2)cn1. The number of nitrogens with zero attached hydrogens (tertiary/aromatic N) is 2. The molecule has 0 aliphatic rings. The number of ether oxygens (including phenoxy) is 1. The molecule has 2 aromatic heterocycles. The number of hydrogen-bond acceptors (Lipinski definition) is 5. The van der Waals surface area contributed by atoms with E-state index in [9.17, 15) is 0 Å². The molecule has 0 spiro atoms. The quantitative estimate of drug-likeness (QED) is 0.901. The molecule has 0 atom stereocenters. The molecule has 0 saturated carbocycles. The lowest BCUT2D eigenvalue weighted by Crippen LogP contribution is -2.21. The Kier molecular flexibility index (Phi) is 4.28. The Hall–Kier alpha value is -1.46. The third-order valence-corrected chi connectivity index (χ3v) is 3.38. The lowest BCUT2D eigenvalue weighted by molar-refractivity contribution is 0.398. The van der Waals surface area contributed by atoms with Gasteiger partial charge in [0.2, 0.25) is 5.88 Å². The summed E-state index contributed by atoms with van der Waals surface area (Å²) in [6.07, 6.45) is 1.79. The molecule has 0 amide bonds. The average Bonchev–Trinajstić information content (AvgIpc) is 2.85. The van der Waals surface area contributed by atoms with Crippen LogP contribution in [0.2, 0.25) is 0 Å². The van der Waals surface area contributed by atoms with Crippen LogP contribution in [0.15, 0.2) is 23.7 Å². The van der Waals surface area contributed by atoms with Crippen molar-refractivity contribution in [2.45, 2.75) is 26.4 Å². The first-order chi connectivity index (χ1) is 8.69. The van der Waals surface area contributed by atoms with E-state index in [0.717, 1.165) is 22.8 Å². The van der Waals surface area contributed by atoms with E-state index in [1.807, 2.05) is 12.1 Å². The second-order valence-electron chi connectivity index (χ2n) is 4.27. The summed E-state index contributed by atoms with van der Waals surface area (Å²) in [5, 5.41) is 6.42. The molecule has 0 bridgehead atoms. The van der Waals surface area contributed by atoms with Gasteiger partial charge in [-0.05, 0) is 6.07 Å². The molecule has 0 radical (unpaired) electrons. The highest BCUT2D eigenvalue weighted by molar-refractivity contribution is 7.13. The van der Waals surface area contributed by atoms with E-state index >= 15 is 0 Å². The van der Waals surface area contributed by atoms with Crippen LogP contribution in [-0.2, 0) is 6.54 Å². The van der Waals surface area contributed by atoms with Crippen LogP contribution >= 0.6 is 11.3 Å². The van der Waals surface area contributed by atoms with Gasteiger partial charge in [0.25, 0.3) is 0 Å². The molecule has 5 heteroatoms. The monoisotopic (exact) mass is 263 g/mol. The summed E-state index contributed by atoms with van der Waals surface area (Å²) in [6.45, 7) is 5.05. The number of aromatic nitrogens is 2. The van der Waals surface area contributed by atoms with Crippen LogP contribution in [0, 0.1) is 0 Å².